The Balaban J connectivity index is 1.36. The molecule has 2 amide bonds. The maximum Gasteiger partial charge on any atom is 0.251 e. The summed E-state index contributed by atoms with van der Waals surface area (Å²) in [5, 5.41) is 5.24. The Bertz CT molecular complexity index is 1170. The summed E-state index contributed by atoms with van der Waals surface area (Å²) in [7, 11) is 0. The van der Waals surface area contributed by atoms with Gasteiger partial charge >= 0.3 is 0 Å². The molecule has 0 radical (unpaired) electrons. The minimum atomic E-state index is -0.442. The molecule has 0 spiro atoms. The van der Waals surface area contributed by atoms with Gasteiger partial charge in [0.15, 0.2) is 0 Å². The number of hydrogen-bond acceptors (Lipinski definition) is 3. The van der Waals surface area contributed by atoms with Crippen molar-refractivity contribution in [2.24, 2.45) is 0 Å². The van der Waals surface area contributed by atoms with Crippen LogP contribution in [0.1, 0.15) is 10.4 Å². The van der Waals surface area contributed by atoms with Crippen LogP contribution in [0.3, 0.4) is 0 Å². The van der Waals surface area contributed by atoms with E-state index >= 15 is 0 Å². The Hall–Kier alpha value is -4.00. The Morgan fingerprint density at radius 3 is 2.41 bits per heavy atom. The molecule has 1 heterocycles. The Morgan fingerprint density at radius 1 is 0.931 bits per heavy atom. The lowest BCUT2D eigenvalue weighted by atomic mass is 10.2. The number of anilines is 1. The van der Waals surface area contributed by atoms with Crippen LogP contribution < -0.4 is 10.6 Å². The van der Waals surface area contributed by atoms with E-state index in [2.05, 4.69) is 15.6 Å². The number of fused-ring (bicyclic) bond motifs is 1. The van der Waals surface area contributed by atoms with Crippen LogP contribution in [0.2, 0.25) is 0 Å². The van der Waals surface area contributed by atoms with Gasteiger partial charge in [0.2, 0.25) is 5.91 Å². The van der Waals surface area contributed by atoms with Crippen LogP contribution in [0.4, 0.5) is 10.1 Å². The number of rotatable bonds is 5. The molecule has 144 valence electrons. The van der Waals surface area contributed by atoms with Gasteiger partial charge in [0.25, 0.3) is 5.91 Å². The van der Waals surface area contributed by atoms with Crippen LogP contribution in [-0.2, 0) is 4.79 Å². The Labute approximate surface area is 166 Å². The normalized spacial score (nSPS) is 10.7. The predicted molar refractivity (Wildman–Crippen MR) is 108 cm³/mol. The number of nitrogens with one attached hydrogen (secondary N) is 2. The van der Waals surface area contributed by atoms with Crippen molar-refractivity contribution in [3.63, 3.8) is 0 Å². The monoisotopic (exact) mass is 388 g/mol. The molecule has 0 aliphatic rings. The average Bonchev–Trinajstić information content (AvgIpc) is 3.17. The summed E-state index contributed by atoms with van der Waals surface area (Å²) in [4.78, 5) is 28.4. The molecule has 0 bridgehead atoms. The molecule has 0 aliphatic heterocycles. The van der Waals surface area contributed by atoms with Gasteiger partial charge in [-0.3, -0.25) is 14.2 Å². The first-order valence-corrected chi connectivity index (χ1v) is 8.96. The van der Waals surface area contributed by atoms with Crippen molar-refractivity contribution >= 4 is 28.5 Å². The van der Waals surface area contributed by atoms with Crippen molar-refractivity contribution in [3.8, 4) is 5.69 Å². The van der Waals surface area contributed by atoms with Gasteiger partial charge in [0, 0.05) is 16.9 Å². The van der Waals surface area contributed by atoms with Crippen molar-refractivity contribution in [2.75, 3.05) is 11.9 Å². The largest absolute Gasteiger partial charge is 0.343 e. The summed E-state index contributed by atoms with van der Waals surface area (Å²) in [6.45, 7) is -0.190. The molecule has 0 fully saturated rings. The number of para-hydroxylation sites is 2. The quantitative estimate of drug-likeness (QED) is 0.549. The van der Waals surface area contributed by atoms with Gasteiger partial charge in [-0.05, 0) is 60.7 Å². The minimum Gasteiger partial charge on any atom is -0.343 e. The lowest BCUT2D eigenvalue weighted by Crippen LogP contribution is -2.32. The summed E-state index contributed by atoms with van der Waals surface area (Å²) in [6, 6.07) is 20.3. The number of carbonyl (C=O) groups excluding carboxylic acids is 2. The van der Waals surface area contributed by atoms with E-state index < -0.39 is 11.7 Å². The number of aromatic nitrogens is 2. The molecular weight excluding hydrogens is 371 g/mol. The van der Waals surface area contributed by atoms with Crippen molar-refractivity contribution in [1.29, 1.82) is 0 Å². The predicted octanol–water partition coefficient (Wildman–Crippen LogP) is 3.53. The summed E-state index contributed by atoms with van der Waals surface area (Å²) >= 11 is 0. The zero-order valence-electron chi connectivity index (χ0n) is 15.3. The molecule has 4 aromatic rings. The highest BCUT2D eigenvalue weighted by Gasteiger charge is 2.09. The fourth-order valence-corrected chi connectivity index (χ4v) is 2.94. The van der Waals surface area contributed by atoms with E-state index in [1.165, 1.54) is 24.3 Å². The third kappa shape index (κ3) is 4.14. The molecule has 0 aliphatic carbocycles. The number of halogens is 1. The third-order valence-electron chi connectivity index (χ3n) is 4.40. The topological polar surface area (TPSA) is 76.0 Å². The lowest BCUT2D eigenvalue weighted by molar-refractivity contribution is -0.115. The second kappa shape index (κ2) is 7.93. The van der Waals surface area contributed by atoms with Crippen molar-refractivity contribution in [2.45, 2.75) is 0 Å². The molecule has 6 nitrogen and oxygen atoms in total. The van der Waals surface area contributed by atoms with Crippen LogP contribution in [-0.4, -0.2) is 27.9 Å². The fourth-order valence-electron chi connectivity index (χ4n) is 2.94. The van der Waals surface area contributed by atoms with Gasteiger partial charge in [-0.1, -0.05) is 12.1 Å². The highest BCUT2D eigenvalue weighted by molar-refractivity contribution is 5.99. The van der Waals surface area contributed by atoms with E-state index in [1.54, 1.807) is 18.5 Å². The molecule has 4 rings (SSSR count). The van der Waals surface area contributed by atoms with E-state index in [-0.39, 0.29) is 18.0 Å². The number of nitrogens with zero attached hydrogens (tertiary/aromatic N) is 2. The van der Waals surface area contributed by atoms with E-state index in [0.717, 1.165) is 16.7 Å². The molecule has 0 saturated carbocycles. The molecule has 1 aromatic heterocycles. The molecule has 0 atom stereocenters. The molecular formula is C22H17FN4O2. The summed E-state index contributed by atoms with van der Waals surface area (Å²) < 4.78 is 14.9. The van der Waals surface area contributed by atoms with Crippen molar-refractivity contribution in [1.82, 2.24) is 14.9 Å². The smallest absolute Gasteiger partial charge is 0.251 e. The molecule has 0 unspecified atom stereocenters. The first kappa shape index (κ1) is 18.4. The SMILES string of the molecule is O=C(CNC(=O)c1ccc(F)cc1)Nc1ccc(-n2cnc3ccccc32)cc1. The molecule has 7 heteroatoms. The lowest BCUT2D eigenvalue weighted by Gasteiger charge is -2.09. The third-order valence-corrected chi connectivity index (χ3v) is 4.40. The number of benzene rings is 3. The van der Waals surface area contributed by atoms with Crippen LogP contribution in [0.5, 0.6) is 0 Å². The summed E-state index contributed by atoms with van der Waals surface area (Å²) in [5.41, 5.74) is 3.71. The van der Waals surface area contributed by atoms with Crippen molar-refractivity contribution < 1.29 is 14.0 Å². The fraction of sp³-hybridized carbons (Fsp3) is 0.0455. The minimum absolute atomic E-state index is 0.190. The maximum absolute atomic E-state index is 12.9. The van der Waals surface area contributed by atoms with Crippen LogP contribution in [0, 0.1) is 5.82 Å². The highest BCUT2D eigenvalue weighted by atomic mass is 19.1. The second-order valence-corrected chi connectivity index (χ2v) is 6.39. The second-order valence-electron chi connectivity index (χ2n) is 6.39. The first-order valence-electron chi connectivity index (χ1n) is 8.96. The van der Waals surface area contributed by atoms with Crippen molar-refractivity contribution in [3.05, 3.63) is 90.5 Å². The van der Waals surface area contributed by atoms with E-state index in [1.807, 2.05) is 41.0 Å². The van der Waals surface area contributed by atoms with E-state index in [9.17, 15) is 14.0 Å². The molecule has 2 N–H and O–H groups in total. The van der Waals surface area contributed by atoms with Gasteiger partial charge in [-0.2, -0.15) is 0 Å². The van der Waals surface area contributed by atoms with Gasteiger partial charge in [-0.25, -0.2) is 9.37 Å². The number of imidazole rings is 1. The summed E-state index contributed by atoms with van der Waals surface area (Å²) in [6.07, 6.45) is 1.75. The first-order chi connectivity index (χ1) is 14.1. The summed E-state index contributed by atoms with van der Waals surface area (Å²) in [5.74, 6) is -1.23. The maximum atomic E-state index is 12.9. The number of hydrogen-bond donors (Lipinski definition) is 2. The van der Waals surface area contributed by atoms with Gasteiger partial charge in [-0.15, -0.1) is 0 Å². The van der Waals surface area contributed by atoms with Crippen LogP contribution in [0.25, 0.3) is 16.7 Å². The molecule has 0 saturated heterocycles. The zero-order chi connectivity index (χ0) is 20.2. The zero-order valence-corrected chi connectivity index (χ0v) is 15.3. The Kier molecular flexibility index (Phi) is 5.03. The number of amides is 2. The van der Waals surface area contributed by atoms with Crippen LogP contribution in [0.15, 0.2) is 79.1 Å². The van der Waals surface area contributed by atoms with Crippen LogP contribution >= 0.6 is 0 Å². The molecule has 29 heavy (non-hydrogen) atoms. The van der Waals surface area contributed by atoms with E-state index in [0.29, 0.717) is 5.69 Å². The van der Waals surface area contributed by atoms with E-state index in [4.69, 9.17) is 0 Å². The number of carbonyl (C=O) groups is 2. The average molecular weight is 388 g/mol. The highest BCUT2D eigenvalue weighted by Crippen LogP contribution is 2.19. The van der Waals surface area contributed by atoms with Gasteiger partial charge in [0.1, 0.15) is 12.1 Å². The van der Waals surface area contributed by atoms with Gasteiger partial charge < -0.3 is 10.6 Å². The molecule has 3 aromatic carbocycles. The Morgan fingerprint density at radius 2 is 1.66 bits per heavy atom. The standard InChI is InChI=1S/C22H17FN4O2/c23-16-7-5-15(6-8-16)22(29)24-13-21(28)26-17-9-11-18(12-10-17)27-14-25-19-3-1-2-4-20(19)27/h1-12,14H,13H2,(H,24,29)(H,26,28). The van der Waals surface area contributed by atoms with Gasteiger partial charge in [0.05, 0.1) is 17.6 Å².